The number of benzene rings is 2. The molecule has 0 saturated carbocycles. The molecule has 1 aliphatic rings. The van der Waals surface area contributed by atoms with Gasteiger partial charge in [0.25, 0.3) is 0 Å². The lowest BCUT2D eigenvalue weighted by Gasteiger charge is -2.43. The van der Waals surface area contributed by atoms with Crippen LogP contribution in [0, 0.1) is 5.82 Å². The van der Waals surface area contributed by atoms with E-state index in [1.165, 1.54) is 12.1 Å². The smallest absolute Gasteiger partial charge is 0.179 e. The van der Waals surface area contributed by atoms with Gasteiger partial charge in [0.15, 0.2) is 23.1 Å². The van der Waals surface area contributed by atoms with Gasteiger partial charge in [-0.05, 0) is 75.6 Å². The van der Waals surface area contributed by atoms with Crippen LogP contribution in [0.1, 0.15) is 51.7 Å². The summed E-state index contributed by atoms with van der Waals surface area (Å²) >= 11 is 3.22. The highest BCUT2D eigenvalue weighted by molar-refractivity contribution is 9.10. The second kappa shape index (κ2) is 7.65. The highest BCUT2D eigenvalue weighted by Gasteiger charge is 2.53. The van der Waals surface area contributed by atoms with Crippen LogP contribution in [0.3, 0.4) is 0 Å². The molecule has 0 spiro atoms. The summed E-state index contributed by atoms with van der Waals surface area (Å²) in [7, 11) is 0. The van der Waals surface area contributed by atoms with Crippen LogP contribution < -0.4 is 4.74 Å². The van der Waals surface area contributed by atoms with Crippen molar-refractivity contribution >= 4 is 27.5 Å². The molecule has 2 aromatic carbocycles. The molecule has 0 radical (unpaired) electrons. The highest BCUT2D eigenvalue weighted by atomic mass is 79.9. The number of rotatable bonds is 4. The van der Waals surface area contributed by atoms with Crippen molar-refractivity contribution in [2.24, 2.45) is 0 Å². The van der Waals surface area contributed by atoms with Crippen molar-refractivity contribution in [1.82, 2.24) is 0 Å². The maximum Gasteiger partial charge on any atom is 0.179 e. The first kappa shape index (κ1) is 21.7. The Morgan fingerprint density at radius 3 is 2.21 bits per heavy atom. The Kier molecular flexibility index (Phi) is 5.71. The van der Waals surface area contributed by atoms with Gasteiger partial charge in [0.05, 0.1) is 0 Å². The number of halogens is 2. The average molecular weight is 463 g/mol. The first-order valence-corrected chi connectivity index (χ1v) is 10.3. The summed E-state index contributed by atoms with van der Waals surface area (Å²) in [6.07, 6.45) is 0.591. The number of carbonyl (C=O) groups is 2. The van der Waals surface area contributed by atoms with Crippen molar-refractivity contribution in [3.63, 3.8) is 0 Å². The molecule has 6 heteroatoms. The fourth-order valence-corrected chi connectivity index (χ4v) is 4.09. The van der Waals surface area contributed by atoms with Crippen molar-refractivity contribution in [2.75, 3.05) is 0 Å². The van der Waals surface area contributed by atoms with E-state index in [2.05, 4.69) is 15.9 Å². The number of Topliss-reactive ketones (excluding diaryl/α,β-unsaturated/α-hetero) is 2. The fourth-order valence-electron chi connectivity index (χ4n) is 3.75. The Hall–Kier alpha value is -2.05. The monoisotopic (exact) mass is 462 g/mol. The van der Waals surface area contributed by atoms with Gasteiger partial charge in [-0.25, -0.2) is 4.39 Å². The number of carbonyl (C=O) groups excluding carboxylic acids is 2. The Morgan fingerprint density at radius 1 is 1.03 bits per heavy atom. The van der Waals surface area contributed by atoms with E-state index in [0.717, 1.165) is 5.56 Å². The van der Waals surface area contributed by atoms with Gasteiger partial charge in [0.1, 0.15) is 22.9 Å². The zero-order valence-electron chi connectivity index (χ0n) is 17.1. The fraction of sp³-hybridized carbons (Fsp3) is 0.391. The number of ketones is 2. The zero-order chi connectivity index (χ0) is 21.6. The van der Waals surface area contributed by atoms with Crippen LogP contribution in [0.15, 0.2) is 40.9 Å². The Bertz CT molecular complexity index is 955. The van der Waals surface area contributed by atoms with Crippen molar-refractivity contribution in [1.29, 1.82) is 0 Å². The molecule has 2 aromatic rings. The minimum Gasteiger partial charge on any atom is -0.454 e. The van der Waals surface area contributed by atoms with Crippen molar-refractivity contribution in [3.8, 4) is 11.5 Å². The highest BCUT2D eigenvalue weighted by Crippen LogP contribution is 2.40. The Labute approximate surface area is 178 Å². The second-order valence-electron chi connectivity index (χ2n) is 8.18. The van der Waals surface area contributed by atoms with E-state index in [1.807, 2.05) is 6.92 Å². The predicted molar refractivity (Wildman–Crippen MR) is 112 cm³/mol. The summed E-state index contributed by atoms with van der Waals surface area (Å²) in [6.45, 7) is 8.70. The lowest BCUT2D eigenvalue weighted by Crippen LogP contribution is -2.58. The molecule has 4 nitrogen and oxygen atoms in total. The van der Waals surface area contributed by atoms with Gasteiger partial charge in [-0.2, -0.15) is 0 Å². The SMILES string of the molecule is CCc1cc(Oc2ccc(Br)cc2F)ccc1C1C(=O)C(C)(C)OC(C)(C)C1=O. The van der Waals surface area contributed by atoms with Crippen molar-refractivity contribution in [3.05, 3.63) is 57.8 Å². The first-order valence-electron chi connectivity index (χ1n) is 9.51. The third-order valence-electron chi connectivity index (χ3n) is 5.15. The van der Waals surface area contributed by atoms with Crippen LogP contribution in [0.5, 0.6) is 11.5 Å². The maximum atomic E-state index is 14.1. The quantitative estimate of drug-likeness (QED) is 0.542. The van der Waals surface area contributed by atoms with Gasteiger partial charge in [-0.15, -0.1) is 0 Å². The minimum atomic E-state index is -1.07. The van der Waals surface area contributed by atoms with E-state index in [4.69, 9.17) is 9.47 Å². The molecule has 0 aliphatic carbocycles. The van der Waals surface area contributed by atoms with E-state index in [1.54, 1.807) is 52.0 Å². The summed E-state index contributed by atoms with van der Waals surface area (Å²) in [4.78, 5) is 26.1. The summed E-state index contributed by atoms with van der Waals surface area (Å²) in [5.74, 6) is -1.36. The molecule has 1 aliphatic heterocycles. The molecule has 29 heavy (non-hydrogen) atoms. The first-order chi connectivity index (χ1) is 13.5. The summed E-state index contributed by atoms with van der Waals surface area (Å²) in [5, 5.41) is 0. The molecule has 154 valence electrons. The van der Waals surface area contributed by atoms with E-state index in [9.17, 15) is 14.0 Å². The molecule has 0 N–H and O–H groups in total. The summed E-state index contributed by atoms with van der Waals surface area (Å²) in [6, 6.07) is 9.70. The van der Waals surface area contributed by atoms with Crippen LogP contribution in [0.4, 0.5) is 4.39 Å². The van der Waals surface area contributed by atoms with Gasteiger partial charge in [0, 0.05) is 4.47 Å². The molecule has 0 bridgehead atoms. The summed E-state index contributed by atoms with van der Waals surface area (Å²) in [5.41, 5.74) is -0.679. The van der Waals surface area contributed by atoms with Crippen molar-refractivity contribution in [2.45, 2.75) is 58.2 Å². The zero-order valence-corrected chi connectivity index (χ0v) is 18.7. The van der Waals surface area contributed by atoms with Gasteiger partial charge in [-0.1, -0.05) is 28.9 Å². The number of aryl methyl sites for hydroxylation is 1. The lowest BCUT2D eigenvalue weighted by atomic mass is 9.74. The number of ether oxygens (including phenoxy) is 2. The van der Waals surface area contributed by atoms with Gasteiger partial charge < -0.3 is 9.47 Å². The van der Waals surface area contributed by atoms with Crippen LogP contribution in [-0.4, -0.2) is 22.8 Å². The summed E-state index contributed by atoms with van der Waals surface area (Å²) < 4.78 is 26.2. The van der Waals surface area contributed by atoms with Crippen LogP contribution in [0.25, 0.3) is 0 Å². The molecule has 1 heterocycles. The molecule has 1 fully saturated rings. The molecular weight excluding hydrogens is 439 g/mol. The molecule has 0 amide bonds. The Morgan fingerprint density at radius 2 is 1.66 bits per heavy atom. The van der Waals surface area contributed by atoms with E-state index < -0.39 is 22.9 Å². The van der Waals surface area contributed by atoms with Gasteiger partial charge in [-0.3, -0.25) is 9.59 Å². The molecule has 0 atom stereocenters. The van der Waals surface area contributed by atoms with Gasteiger partial charge in [0.2, 0.25) is 0 Å². The number of hydrogen-bond acceptors (Lipinski definition) is 4. The third kappa shape index (κ3) is 4.14. The van der Waals surface area contributed by atoms with Crippen LogP contribution in [-0.2, 0) is 20.7 Å². The largest absolute Gasteiger partial charge is 0.454 e. The molecule has 3 rings (SSSR count). The minimum absolute atomic E-state index is 0.100. The molecular formula is C23H24BrFO4. The molecule has 1 saturated heterocycles. The molecule has 0 aromatic heterocycles. The van der Waals surface area contributed by atoms with Crippen molar-refractivity contribution < 1.29 is 23.5 Å². The lowest BCUT2D eigenvalue weighted by molar-refractivity contribution is -0.184. The van der Waals surface area contributed by atoms with Gasteiger partial charge >= 0.3 is 0 Å². The normalized spacial score (nSPS) is 18.7. The van der Waals surface area contributed by atoms with E-state index in [-0.39, 0.29) is 17.3 Å². The third-order valence-corrected chi connectivity index (χ3v) is 5.64. The van der Waals surface area contributed by atoms with E-state index in [0.29, 0.717) is 22.2 Å². The van der Waals surface area contributed by atoms with Crippen LogP contribution >= 0.6 is 15.9 Å². The Balaban J connectivity index is 2.00. The number of hydrogen-bond donors (Lipinski definition) is 0. The molecule has 0 unspecified atom stereocenters. The average Bonchev–Trinajstić information content (AvgIpc) is 2.63. The standard InChI is InChI=1S/C23H24BrFO4/c1-6-13-11-15(28-18-10-7-14(24)12-17(18)25)8-9-16(13)19-20(26)22(2,3)29-23(4,5)21(19)27/h7-12,19H,6H2,1-5H3. The maximum absolute atomic E-state index is 14.1. The predicted octanol–water partition coefficient (Wildman–Crippen LogP) is 5.75. The topological polar surface area (TPSA) is 52.6 Å². The second-order valence-corrected chi connectivity index (χ2v) is 9.09. The van der Waals surface area contributed by atoms with Crippen LogP contribution in [0.2, 0.25) is 0 Å². The van der Waals surface area contributed by atoms with E-state index >= 15 is 0 Å².